The molecule has 4 rings (SSSR count). The van der Waals surface area contributed by atoms with E-state index in [1.165, 1.54) is 18.2 Å². The summed E-state index contributed by atoms with van der Waals surface area (Å²) in [5.74, 6) is 0.363. The highest BCUT2D eigenvalue weighted by Gasteiger charge is 2.14. The Hall–Kier alpha value is -4.32. The molecule has 0 amide bonds. The number of methoxy groups -OCH3 is 1. The van der Waals surface area contributed by atoms with Crippen LogP contribution in [0.1, 0.15) is 12.0 Å². The van der Waals surface area contributed by atoms with Gasteiger partial charge in [0.15, 0.2) is 5.43 Å². The molecule has 0 unspecified atom stereocenters. The summed E-state index contributed by atoms with van der Waals surface area (Å²) >= 11 is 0. The van der Waals surface area contributed by atoms with Crippen LogP contribution in [0, 0.1) is 0 Å². The number of carbonyl (C=O) groups excluding carboxylic acids is 1. The molecule has 0 saturated carbocycles. The van der Waals surface area contributed by atoms with E-state index in [1.54, 1.807) is 19.3 Å². The van der Waals surface area contributed by atoms with Crippen molar-refractivity contribution in [3.8, 4) is 28.6 Å². The Morgan fingerprint density at radius 1 is 1.00 bits per heavy atom. The first-order valence-corrected chi connectivity index (χ1v) is 9.91. The molecule has 0 radical (unpaired) electrons. The third-order valence-corrected chi connectivity index (χ3v) is 4.78. The maximum absolute atomic E-state index is 12.5. The predicted molar refractivity (Wildman–Crippen MR) is 122 cm³/mol. The summed E-state index contributed by atoms with van der Waals surface area (Å²) in [6.45, 7) is 0. The van der Waals surface area contributed by atoms with Gasteiger partial charge in [-0.25, -0.2) is 0 Å². The Kier molecular flexibility index (Phi) is 6.03. The molecular weight excluding hydrogens is 408 g/mol. The first-order valence-electron chi connectivity index (χ1n) is 9.91. The quantitative estimate of drug-likeness (QED) is 0.336. The minimum absolute atomic E-state index is 0.0266. The van der Waals surface area contributed by atoms with Gasteiger partial charge in [0.1, 0.15) is 34.0 Å². The molecule has 0 fully saturated rings. The van der Waals surface area contributed by atoms with Crippen molar-refractivity contribution in [3.05, 3.63) is 94.7 Å². The molecule has 0 aliphatic heterocycles. The molecule has 0 atom stereocenters. The van der Waals surface area contributed by atoms with E-state index in [-0.39, 0.29) is 34.3 Å². The molecule has 1 heterocycles. The lowest BCUT2D eigenvalue weighted by Gasteiger charge is -2.08. The summed E-state index contributed by atoms with van der Waals surface area (Å²) < 4.78 is 16.3. The van der Waals surface area contributed by atoms with E-state index >= 15 is 0 Å². The fourth-order valence-corrected chi connectivity index (χ4v) is 3.23. The maximum atomic E-state index is 12.5. The summed E-state index contributed by atoms with van der Waals surface area (Å²) in [4.78, 5) is 24.7. The SMILES string of the molecule is COc1ccc(/C=C/CC(=O)Oc2cc(O)c3c(=O)cc(-c4ccccc4)oc3c2)cc1. The van der Waals surface area contributed by atoms with Crippen LogP contribution in [0.4, 0.5) is 0 Å². The molecule has 6 nitrogen and oxygen atoms in total. The normalized spacial score (nSPS) is 11.0. The van der Waals surface area contributed by atoms with Crippen molar-refractivity contribution in [2.75, 3.05) is 7.11 Å². The van der Waals surface area contributed by atoms with Crippen molar-refractivity contribution in [2.45, 2.75) is 6.42 Å². The van der Waals surface area contributed by atoms with Crippen molar-refractivity contribution in [2.24, 2.45) is 0 Å². The Morgan fingerprint density at radius 3 is 2.47 bits per heavy atom. The molecule has 6 heteroatoms. The van der Waals surface area contributed by atoms with Crippen LogP contribution in [-0.4, -0.2) is 18.2 Å². The molecule has 0 saturated heterocycles. The third kappa shape index (κ3) is 4.70. The van der Waals surface area contributed by atoms with Crippen molar-refractivity contribution in [1.82, 2.24) is 0 Å². The van der Waals surface area contributed by atoms with Gasteiger partial charge in [-0.2, -0.15) is 0 Å². The fourth-order valence-electron chi connectivity index (χ4n) is 3.23. The predicted octanol–water partition coefficient (Wildman–Crippen LogP) is 5.18. The number of ether oxygens (including phenoxy) is 2. The molecule has 4 aromatic rings. The minimum Gasteiger partial charge on any atom is -0.507 e. The second-order valence-corrected chi connectivity index (χ2v) is 7.01. The summed E-state index contributed by atoms with van der Waals surface area (Å²) in [7, 11) is 1.60. The Morgan fingerprint density at radius 2 is 1.75 bits per heavy atom. The van der Waals surface area contributed by atoms with Gasteiger partial charge in [-0.05, 0) is 17.7 Å². The van der Waals surface area contributed by atoms with Crippen LogP contribution in [0.25, 0.3) is 28.4 Å². The van der Waals surface area contributed by atoms with Gasteiger partial charge in [-0.15, -0.1) is 0 Å². The lowest BCUT2D eigenvalue weighted by molar-refractivity contribution is -0.133. The number of hydrogen-bond acceptors (Lipinski definition) is 6. The van der Waals surface area contributed by atoms with E-state index < -0.39 is 5.97 Å². The average molecular weight is 428 g/mol. The molecule has 160 valence electrons. The number of phenols is 1. The van der Waals surface area contributed by atoms with Crippen LogP contribution < -0.4 is 14.9 Å². The number of benzene rings is 3. The number of fused-ring (bicyclic) bond motifs is 1. The first-order chi connectivity index (χ1) is 15.5. The second kappa shape index (κ2) is 9.22. The van der Waals surface area contributed by atoms with Crippen LogP contribution in [0.15, 0.2) is 88.1 Å². The Labute approximate surface area is 184 Å². The average Bonchev–Trinajstić information content (AvgIpc) is 2.79. The van der Waals surface area contributed by atoms with Gasteiger partial charge in [0.05, 0.1) is 13.5 Å². The molecule has 1 aromatic heterocycles. The van der Waals surface area contributed by atoms with E-state index in [2.05, 4.69) is 0 Å². The summed E-state index contributed by atoms with van der Waals surface area (Å²) in [5.41, 5.74) is 1.38. The maximum Gasteiger partial charge on any atom is 0.315 e. The zero-order chi connectivity index (χ0) is 22.5. The first kappa shape index (κ1) is 20.9. The summed E-state index contributed by atoms with van der Waals surface area (Å²) in [5, 5.41) is 10.3. The highest BCUT2D eigenvalue weighted by Crippen LogP contribution is 2.31. The molecule has 3 aromatic carbocycles. The molecule has 0 bridgehead atoms. The summed E-state index contributed by atoms with van der Waals surface area (Å²) in [6.07, 6.45) is 3.50. The van der Waals surface area contributed by atoms with Gasteiger partial charge < -0.3 is 19.0 Å². The van der Waals surface area contributed by atoms with E-state index in [4.69, 9.17) is 13.9 Å². The number of esters is 1. The van der Waals surface area contributed by atoms with Crippen LogP contribution in [0.2, 0.25) is 0 Å². The molecular formula is C26H20O6. The highest BCUT2D eigenvalue weighted by atomic mass is 16.5. The molecule has 0 aliphatic rings. The topological polar surface area (TPSA) is 86.0 Å². The van der Waals surface area contributed by atoms with Gasteiger partial charge in [0.25, 0.3) is 0 Å². The van der Waals surface area contributed by atoms with Crippen LogP contribution >= 0.6 is 0 Å². The van der Waals surface area contributed by atoms with Gasteiger partial charge >= 0.3 is 5.97 Å². The number of rotatable bonds is 6. The van der Waals surface area contributed by atoms with Gasteiger partial charge in [-0.1, -0.05) is 54.6 Å². The molecule has 0 aliphatic carbocycles. The number of aromatic hydroxyl groups is 1. The third-order valence-electron chi connectivity index (χ3n) is 4.78. The highest BCUT2D eigenvalue weighted by molar-refractivity contribution is 5.87. The van der Waals surface area contributed by atoms with Crippen LogP contribution in [-0.2, 0) is 4.79 Å². The zero-order valence-corrected chi connectivity index (χ0v) is 17.3. The van der Waals surface area contributed by atoms with Gasteiger partial charge in [0, 0.05) is 23.8 Å². The lowest BCUT2D eigenvalue weighted by Crippen LogP contribution is -2.07. The second-order valence-electron chi connectivity index (χ2n) is 7.01. The number of phenolic OH excluding ortho intramolecular Hbond substituents is 1. The Balaban J connectivity index is 1.52. The lowest BCUT2D eigenvalue weighted by atomic mass is 10.1. The number of carbonyl (C=O) groups is 1. The largest absolute Gasteiger partial charge is 0.507 e. The number of hydrogen-bond donors (Lipinski definition) is 1. The fraction of sp³-hybridized carbons (Fsp3) is 0.0769. The van der Waals surface area contributed by atoms with E-state index in [1.807, 2.05) is 54.6 Å². The smallest absolute Gasteiger partial charge is 0.315 e. The van der Waals surface area contributed by atoms with Crippen LogP contribution in [0.3, 0.4) is 0 Å². The van der Waals surface area contributed by atoms with E-state index in [9.17, 15) is 14.7 Å². The summed E-state index contributed by atoms with van der Waals surface area (Å²) in [6, 6.07) is 20.5. The zero-order valence-electron chi connectivity index (χ0n) is 17.3. The molecule has 1 N–H and O–H groups in total. The monoisotopic (exact) mass is 428 g/mol. The van der Waals surface area contributed by atoms with Gasteiger partial charge in [0.2, 0.25) is 0 Å². The molecule has 32 heavy (non-hydrogen) atoms. The van der Waals surface area contributed by atoms with Gasteiger partial charge in [-0.3, -0.25) is 9.59 Å². The minimum atomic E-state index is -0.518. The van der Waals surface area contributed by atoms with Crippen LogP contribution in [0.5, 0.6) is 17.2 Å². The molecule has 0 spiro atoms. The van der Waals surface area contributed by atoms with Crippen molar-refractivity contribution in [1.29, 1.82) is 0 Å². The van der Waals surface area contributed by atoms with Crippen molar-refractivity contribution < 1.29 is 23.8 Å². The van der Waals surface area contributed by atoms with E-state index in [0.717, 1.165) is 16.9 Å². The van der Waals surface area contributed by atoms with E-state index in [0.29, 0.717) is 5.76 Å². The van der Waals surface area contributed by atoms with Crippen molar-refractivity contribution in [3.63, 3.8) is 0 Å². The van der Waals surface area contributed by atoms with Crippen molar-refractivity contribution >= 4 is 23.0 Å². The standard InChI is InChI=1S/C26H20O6/c1-30-19-12-10-17(11-13-19)6-5-9-25(29)31-20-14-21(27)26-22(28)16-23(32-24(26)15-20)18-7-3-2-4-8-18/h2-8,10-16,27H,9H2,1H3/b6-5+. The Bertz CT molecular complexity index is 1330.